The van der Waals surface area contributed by atoms with Crippen LogP contribution in [0.3, 0.4) is 0 Å². The molecule has 3 aromatic rings. The molecule has 2 heterocycles. The van der Waals surface area contributed by atoms with Gasteiger partial charge in [-0.2, -0.15) is 0 Å². The van der Waals surface area contributed by atoms with Crippen molar-refractivity contribution in [3.63, 3.8) is 0 Å². The Morgan fingerprint density at radius 3 is 2.32 bits per heavy atom. The van der Waals surface area contributed by atoms with Gasteiger partial charge >= 0.3 is 5.97 Å². The van der Waals surface area contributed by atoms with Crippen LogP contribution in [0.2, 0.25) is 0 Å². The second-order valence-corrected chi connectivity index (χ2v) is 14.0. The third-order valence-corrected chi connectivity index (χ3v) is 9.02. The lowest BCUT2D eigenvalue weighted by molar-refractivity contribution is -0.253. The number of aliphatic hydroxyl groups is 1. The minimum atomic E-state index is -0.643. The standard InChI is InChI=1S/C39H49N3O8/c1-39(2,3)50-37(46)33-10-7-21-42(33)24-31-22-34(28-15-13-26(25-43)14-16-28)49-38(48-31)29-19-17-27(18-20-29)32-9-5-4-8-30(32)23-40-35(44)11-6-12-36(45)41-47/h4-5,8-9,13-20,31,33-34,38,43,47H,6-7,10-12,21-25H2,1-3H3,(H,40,44)(H,41,45)/t31-,33+,34+,38+/m1/s1. The molecule has 5 rings (SSSR count). The van der Waals surface area contributed by atoms with Crippen molar-refractivity contribution in [2.75, 3.05) is 13.1 Å². The Labute approximate surface area is 293 Å². The maximum absolute atomic E-state index is 13.1. The molecular weight excluding hydrogens is 638 g/mol. The first kappa shape index (κ1) is 37.1. The van der Waals surface area contributed by atoms with Crippen LogP contribution >= 0.6 is 0 Å². The summed E-state index contributed by atoms with van der Waals surface area (Å²) in [5.41, 5.74) is 6.60. The summed E-state index contributed by atoms with van der Waals surface area (Å²) in [6.07, 6.45) is 1.76. The lowest BCUT2D eigenvalue weighted by Crippen LogP contribution is -2.45. The molecule has 2 aliphatic rings. The number of aliphatic hydroxyl groups excluding tert-OH is 1. The lowest BCUT2D eigenvalue weighted by atomic mass is 9.97. The number of nitrogens with zero attached hydrogens (tertiary/aromatic N) is 1. The van der Waals surface area contributed by atoms with Crippen LogP contribution in [0.1, 0.15) is 93.9 Å². The average Bonchev–Trinajstić information content (AvgIpc) is 3.58. The minimum absolute atomic E-state index is 0.0332. The Bertz CT molecular complexity index is 1590. The summed E-state index contributed by atoms with van der Waals surface area (Å²) in [5.74, 6) is -0.886. The Balaban J connectivity index is 1.30. The first-order valence-electron chi connectivity index (χ1n) is 17.4. The molecule has 0 saturated carbocycles. The topological polar surface area (TPSA) is 147 Å². The zero-order valence-corrected chi connectivity index (χ0v) is 29.1. The fourth-order valence-electron chi connectivity index (χ4n) is 6.50. The van der Waals surface area contributed by atoms with Gasteiger partial charge in [0.1, 0.15) is 11.6 Å². The first-order chi connectivity index (χ1) is 24.0. The van der Waals surface area contributed by atoms with Crippen LogP contribution in [-0.2, 0) is 41.7 Å². The first-order valence-corrected chi connectivity index (χ1v) is 17.4. The van der Waals surface area contributed by atoms with Gasteiger partial charge in [-0.05, 0) is 74.4 Å². The SMILES string of the molecule is CC(C)(C)OC(=O)[C@@H]1CCCN1C[C@H]1C[C@@H](c2ccc(CO)cc2)O[C@@H](c2ccc(-c3ccccc3CNC(=O)CCCC(=O)NO)cc2)O1. The van der Waals surface area contributed by atoms with Crippen molar-refractivity contribution in [2.45, 2.75) is 103 Å². The van der Waals surface area contributed by atoms with Gasteiger partial charge in [-0.1, -0.05) is 72.8 Å². The van der Waals surface area contributed by atoms with Crippen LogP contribution in [0.5, 0.6) is 0 Å². The van der Waals surface area contributed by atoms with E-state index in [0.717, 1.165) is 52.8 Å². The van der Waals surface area contributed by atoms with Crippen molar-refractivity contribution in [1.29, 1.82) is 0 Å². The molecule has 0 aromatic heterocycles. The Morgan fingerprint density at radius 2 is 1.62 bits per heavy atom. The minimum Gasteiger partial charge on any atom is -0.459 e. The summed E-state index contributed by atoms with van der Waals surface area (Å²) in [6.45, 7) is 7.32. The number of hydroxylamine groups is 1. The van der Waals surface area contributed by atoms with Crippen LogP contribution in [0.25, 0.3) is 11.1 Å². The van der Waals surface area contributed by atoms with Gasteiger partial charge in [0.25, 0.3) is 0 Å². The molecule has 2 amide bonds. The summed E-state index contributed by atoms with van der Waals surface area (Å²) < 4.78 is 18.9. The Morgan fingerprint density at radius 1 is 0.920 bits per heavy atom. The molecule has 0 aliphatic carbocycles. The van der Waals surface area contributed by atoms with E-state index in [0.29, 0.717) is 25.9 Å². The number of ether oxygens (including phenoxy) is 3. The molecule has 11 nitrogen and oxygen atoms in total. The molecule has 4 atom stereocenters. The number of esters is 1. The largest absolute Gasteiger partial charge is 0.459 e. The fraction of sp³-hybridized carbons (Fsp3) is 0.462. The lowest BCUT2D eigenvalue weighted by Gasteiger charge is -2.38. The van der Waals surface area contributed by atoms with E-state index < -0.39 is 17.8 Å². The third kappa shape index (κ3) is 10.2. The van der Waals surface area contributed by atoms with Gasteiger partial charge in [-0.25, -0.2) is 5.48 Å². The van der Waals surface area contributed by atoms with Crippen molar-refractivity contribution >= 4 is 17.8 Å². The Kier molecular flexibility index (Phi) is 12.8. The number of likely N-dealkylation sites (tertiary alicyclic amines) is 1. The number of carbonyl (C=O) groups is 3. The average molecular weight is 688 g/mol. The molecule has 2 aliphatic heterocycles. The van der Waals surface area contributed by atoms with E-state index in [1.807, 2.05) is 93.6 Å². The maximum atomic E-state index is 13.1. The summed E-state index contributed by atoms with van der Waals surface area (Å²) in [5, 5.41) is 21.1. The van der Waals surface area contributed by atoms with E-state index in [-0.39, 0.29) is 49.6 Å². The molecule has 0 spiro atoms. The van der Waals surface area contributed by atoms with Gasteiger partial charge in [0.15, 0.2) is 6.29 Å². The number of rotatable bonds is 13. The van der Waals surface area contributed by atoms with E-state index in [2.05, 4.69) is 10.2 Å². The van der Waals surface area contributed by atoms with Crippen LogP contribution < -0.4 is 10.8 Å². The molecular formula is C39H49N3O8. The predicted molar refractivity (Wildman–Crippen MR) is 186 cm³/mol. The van der Waals surface area contributed by atoms with Gasteiger partial charge in [0.2, 0.25) is 11.8 Å². The Hall–Kier alpha value is -4.13. The van der Waals surface area contributed by atoms with Crippen LogP contribution in [0, 0.1) is 0 Å². The number of hydrogen-bond acceptors (Lipinski definition) is 9. The monoisotopic (exact) mass is 687 g/mol. The van der Waals surface area contributed by atoms with E-state index in [1.54, 1.807) is 5.48 Å². The second-order valence-electron chi connectivity index (χ2n) is 14.0. The predicted octanol–water partition coefficient (Wildman–Crippen LogP) is 5.49. The summed E-state index contributed by atoms with van der Waals surface area (Å²) >= 11 is 0. The number of hydrogen-bond donors (Lipinski definition) is 4. The van der Waals surface area contributed by atoms with Gasteiger partial charge in [0.05, 0.1) is 18.8 Å². The normalized spacial score (nSPS) is 21.1. The highest BCUT2D eigenvalue weighted by Gasteiger charge is 2.39. The molecule has 2 fully saturated rings. The van der Waals surface area contributed by atoms with E-state index in [9.17, 15) is 19.5 Å². The van der Waals surface area contributed by atoms with Crippen molar-refractivity contribution in [3.8, 4) is 11.1 Å². The molecule has 4 N–H and O–H groups in total. The molecule has 0 bridgehead atoms. The highest BCUT2D eigenvalue weighted by molar-refractivity contribution is 5.79. The van der Waals surface area contributed by atoms with Crippen LogP contribution in [-0.4, -0.2) is 63.8 Å². The van der Waals surface area contributed by atoms with Gasteiger partial charge < -0.3 is 24.6 Å². The molecule has 50 heavy (non-hydrogen) atoms. The molecule has 0 radical (unpaired) electrons. The van der Waals surface area contributed by atoms with Gasteiger partial charge in [0, 0.05) is 37.9 Å². The van der Waals surface area contributed by atoms with E-state index in [1.165, 1.54) is 0 Å². The van der Waals surface area contributed by atoms with E-state index >= 15 is 0 Å². The fourth-order valence-corrected chi connectivity index (χ4v) is 6.50. The summed E-state index contributed by atoms with van der Waals surface area (Å²) in [7, 11) is 0. The third-order valence-electron chi connectivity index (χ3n) is 9.02. The van der Waals surface area contributed by atoms with Crippen LogP contribution in [0.15, 0.2) is 72.8 Å². The zero-order valence-electron chi connectivity index (χ0n) is 29.1. The second kappa shape index (κ2) is 17.2. The smallest absolute Gasteiger partial charge is 0.323 e. The van der Waals surface area contributed by atoms with Crippen molar-refractivity contribution in [2.24, 2.45) is 0 Å². The van der Waals surface area contributed by atoms with Crippen molar-refractivity contribution in [3.05, 3.63) is 95.1 Å². The molecule has 11 heteroatoms. The highest BCUT2D eigenvalue weighted by atomic mass is 16.7. The number of amides is 2. The van der Waals surface area contributed by atoms with Crippen molar-refractivity contribution < 1.29 is 38.9 Å². The van der Waals surface area contributed by atoms with Crippen molar-refractivity contribution in [1.82, 2.24) is 15.7 Å². The molecule has 0 unspecified atom stereocenters. The number of benzene rings is 3. The summed E-state index contributed by atoms with van der Waals surface area (Å²) in [4.78, 5) is 38.9. The molecule has 3 aromatic carbocycles. The van der Waals surface area contributed by atoms with E-state index in [4.69, 9.17) is 19.4 Å². The number of carbonyl (C=O) groups excluding carboxylic acids is 3. The maximum Gasteiger partial charge on any atom is 0.323 e. The van der Waals surface area contributed by atoms with Crippen LogP contribution in [0.4, 0.5) is 0 Å². The molecule has 2 saturated heterocycles. The zero-order chi connectivity index (χ0) is 35.7. The van der Waals surface area contributed by atoms with Gasteiger partial charge in [-0.3, -0.25) is 24.5 Å². The highest BCUT2D eigenvalue weighted by Crippen LogP contribution is 2.39. The quantitative estimate of drug-likeness (QED) is 0.104. The number of nitrogens with one attached hydrogen (secondary N) is 2. The van der Waals surface area contributed by atoms with Gasteiger partial charge in [-0.15, -0.1) is 0 Å². The molecule has 268 valence electrons. The summed E-state index contributed by atoms with van der Waals surface area (Å²) in [6, 6.07) is 23.4.